The summed E-state index contributed by atoms with van der Waals surface area (Å²) in [7, 11) is 0. The molecule has 0 amide bonds. The average Bonchev–Trinajstić information content (AvgIpc) is 3.03. The third kappa shape index (κ3) is 1.92. The standard InChI is InChI=1S/C18H19N3/c1-11-12(2)20-17-14(11)9-10-19-18(17)21-16-8-7-13-5-3-4-6-15(13)16/h3-6,9-10,16,20H,7-8H2,1-2H3,(H,19,21)/t16-/m0/s1. The number of hydrogen-bond acceptors (Lipinski definition) is 2. The van der Waals surface area contributed by atoms with Gasteiger partial charge in [0.25, 0.3) is 0 Å². The molecule has 1 aliphatic rings. The van der Waals surface area contributed by atoms with Gasteiger partial charge in [-0.15, -0.1) is 0 Å². The number of nitrogens with zero attached hydrogens (tertiary/aromatic N) is 1. The second-order valence-electron chi connectivity index (χ2n) is 5.89. The maximum atomic E-state index is 4.56. The first-order valence-electron chi connectivity index (χ1n) is 7.52. The third-order valence-electron chi connectivity index (χ3n) is 4.67. The minimum Gasteiger partial charge on any atom is -0.362 e. The normalized spacial score (nSPS) is 17.1. The van der Waals surface area contributed by atoms with Gasteiger partial charge in [0, 0.05) is 17.3 Å². The van der Waals surface area contributed by atoms with E-state index in [0.29, 0.717) is 6.04 Å². The van der Waals surface area contributed by atoms with E-state index in [-0.39, 0.29) is 0 Å². The summed E-state index contributed by atoms with van der Waals surface area (Å²) < 4.78 is 0. The maximum absolute atomic E-state index is 4.56. The molecular formula is C18H19N3. The summed E-state index contributed by atoms with van der Waals surface area (Å²) in [4.78, 5) is 8.02. The largest absolute Gasteiger partial charge is 0.362 e. The summed E-state index contributed by atoms with van der Waals surface area (Å²) in [5, 5.41) is 4.90. The molecule has 0 aliphatic heterocycles. The van der Waals surface area contributed by atoms with Crippen LogP contribution in [0.2, 0.25) is 0 Å². The van der Waals surface area contributed by atoms with Gasteiger partial charge in [-0.3, -0.25) is 0 Å². The molecule has 1 aromatic carbocycles. The number of rotatable bonds is 2. The van der Waals surface area contributed by atoms with Crippen molar-refractivity contribution >= 4 is 16.7 Å². The topological polar surface area (TPSA) is 40.7 Å². The van der Waals surface area contributed by atoms with Crippen molar-refractivity contribution in [1.82, 2.24) is 9.97 Å². The smallest absolute Gasteiger partial charge is 0.150 e. The Morgan fingerprint density at radius 3 is 2.95 bits per heavy atom. The van der Waals surface area contributed by atoms with Crippen molar-refractivity contribution < 1.29 is 0 Å². The Morgan fingerprint density at radius 2 is 2.05 bits per heavy atom. The van der Waals surface area contributed by atoms with Gasteiger partial charge in [0.2, 0.25) is 0 Å². The molecule has 1 atom stereocenters. The minimum absolute atomic E-state index is 0.364. The summed E-state index contributed by atoms with van der Waals surface area (Å²) in [6, 6.07) is 11.2. The minimum atomic E-state index is 0.364. The molecule has 106 valence electrons. The van der Waals surface area contributed by atoms with Crippen molar-refractivity contribution in [2.45, 2.75) is 32.7 Å². The van der Waals surface area contributed by atoms with Crippen LogP contribution in [0.5, 0.6) is 0 Å². The van der Waals surface area contributed by atoms with Crippen LogP contribution in [0.15, 0.2) is 36.5 Å². The van der Waals surface area contributed by atoms with Crippen molar-refractivity contribution in [2.75, 3.05) is 5.32 Å². The van der Waals surface area contributed by atoms with Crippen LogP contribution in [0.3, 0.4) is 0 Å². The molecule has 3 heteroatoms. The second kappa shape index (κ2) is 4.62. The zero-order chi connectivity index (χ0) is 14.4. The molecule has 1 aliphatic carbocycles. The van der Waals surface area contributed by atoms with E-state index in [1.165, 1.54) is 27.8 Å². The Morgan fingerprint density at radius 1 is 1.19 bits per heavy atom. The van der Waals surface area contributed by atoms with E-state index in [1.807, 2.05) is 6.20 Å². The third-order valence-corrected chi connectivity index (χ3v) is 4.67. The average molecular weight is 277 g/mol. The zero-order valence-electron chi connectivity index (χ0n) is 12.4. The highest BCUT2D eigenvalue weighted by molar-refractivity contribution is 5.92. The molecule has 0 bridgehead atoms. The van der Waals surface area contributed by atoms with Crippen LogP contribution in [0.25, 0.3) is 10.9 Å². The molecule has 3 nitrogen and oxygen atoms in total. The van der Waals surface area contributed by atoms with Crippen LogP contribution in [0.1, 0.15) is 34.8 Å². The number of H-pyrrole nitrogens is 1. The highest BCUT2D eigenvalue weighted by Gasteiger charge is 2.23. The monoisotopic (exact) mass is 277 g/mol. The van der Waals surface area contributed by atoms with E-state index >= 15 is 0 Å². The first kappa shape index (κ1) is 12.5. The lowest BCUT2D eigenvalue weighted by molar-refractivity contribution is 0.758. The highest BCUT2D eigenvalue weighted by Crippen LogP contribution is 2.35. The number of anilines is 1. The van der Waals surface area contributed by atoms with Crippen LogP contribution < -0.4 is 5.32 Å². The molecule has 0 radical (unpaired) electrons. The van der Waals surface area contributed by atoms with Crippen molar-refractivity contribution in [3.8, 4) is 0 Å². The van der Waals surface area contributed by atoms with Gasteiger partial charge in [-0.1, -0.05) is 24.3 Å². The SMILES string of the molecule is Cc1[nH]c2c(N[C@H]3CCc4ccccc43)nccc2c1C. The number of pyridine rings is 1. The summed E-state index contributed by atoms with van der Waals surface area (Å²) in [5.41, 5.74) is 6.52. The van der Waals surface area contributed by atoms with Crippen LogP contribution in [0, 0.1) is 13.8 Å². The molecule has 2 heterocycles. The first-order valence-corrected chi connectivity index (χ1v) is 7.52. The quantitative estimate of drug-likeness (QED) is 0.734. The van der Waals surface area contributed by atoms with E-state index in [9.17, 15) is 0 Å². The maximum Gasteiger partial charge on any atom is 0.150 e. The van der Waals surface area contributed by atoms with Crippen LogP contribution in [-0.2, 0) is 6.42 Å². The van der Waals surface area contributed by atoms with Crippen molar-refractivity contribution in [3.63, 3.8) is 0 Å². The molecular weight excluding hydrogens is 258 g/mol. The Bertz CT molecular complexity index is 816. The van der Waals surface area contributed by atoms with Gasteiger partial charge in [-0.2, -0.15) is 0 Å². The van der Waals surface area contributed by atoms with Crippen LogP contribution in [0.4, 0.5) is 5.82 Å². The fourth-order valence-corrected chi connectivity index (χ4v) is 3.37. The summed E-state index contributed by atoms with van der Waals surface area (Å²) >= 11 is 0. The summed E-state index contributed by atoms with van der Waals surface area (Å²) in [6.07, 6.45) is 4.18. The molecule has 2 N–H and O–H groups in total. The number of aryl methyl sites for hydroxylation is 3. The van der Waals surface area contributed by atoms with Crippen molar-refractivity contribution in [3.05, 3.63) is 58.9 Å². The lowest BCUT2D eigenvalue weighted by Crippen LogP contribution is -2.08. The van der Waals surface area contributed by atoms with E-state index < -0.39 is 0 Å². The van der Waals surface area contributed by atoms with E-state index in [2.05, 4.69) is 59.5 Å². The predicted molar refractivity (Wildman–Crippen MR) is 86.7 cm³/mol. The molecule has 0 saturated carbocycles. The van der Waals surface area contributed by atoms with Gasteiger partial charge < -0.3 is 10.3 Å². The van der Waals surface area contributed by atoms with Gasteiger partial charge in [-0.05, 0) is 49.4 Å². The Hall–Kier alpha value is -2.29. The second-order valence-corrected chi connectivity index (χ2v) is 5.89. The lowest BCUT2D eigenvalue weighted by atomic mass is 10.1. The molecule has 0 fully saturated rings. The lowest BCUT2D eigenvalue weighted by Gasteiger charge is -2.15. The number of aromatic amines is 1. The molecule has 2 aromatic heterocycles. The summed E-state index contributed by atoms with van der Waals surface area (Å²) in [6.45, 7) is 4.27. The molecule has 21 heavy (non-hydrogen) atoms. The zero-order valence-corrected chi connectivity index (χ0v) is 12.4. The van der Waals surface area contributed by atoms with Gasteiger partial charge in [0.15, 0.2) is 5.82 Å². The van der Waals surface area contributed by atoms with E-state index in [0.717, 1.165) is 24.2 Å². The first-order chi connectivity index (χ1) is 10.2. The van der Waals surface area contributed by atoms with Crippen molar-refractivity contribution in [1.29, 1.82) is 0 Å². The van der Waals surface area contributed by atoms with Crippen molar-refractivity contribution in [2.24, 2.45) is 0 Å². The van der Waals surface area contributed by atoms with Gasteiger partial charge >= 0.3 is 0 Å². The molecule has 0 unspecified atom stereocenters. The van der Waals surface area contributed by atoms with Gasteiger partial charge in [-0.25, -0.2) is 4.98 Å². The van der Waals surface area contributed by atoms with E-state index in [1.54, 1.807) is 0 Å². The van der Waals surface area contributed by atoms with Gasteiger partial charge in [0.1, 0.15) is 0 Å². The Kier molecular flexibility index (Phi) is 2.74. The van der Waals surface area contributed by atoms with Crippen LogP contribution in [-0.4, -0.2) is 9.97 Å². The predicted octanol–water partition coefficient (Wildman–Crippen LogP) is 4.28. The number of aromatic nitrogens is 2. The molecule has 0 spiro atoms. The molecule has 4 rings (SSSR count). The fourth-order valence-electron chi connectivity index (χ4n) is 3.37. The number of hydrogen-bond donors (Lipinski definition) is 2. The summed E-state index contributed by atoms with van der Waals surface area (Å²) in [5.74, 6) is 0.963. The highest BCUT2D eigenvalue weighted by atomic mass is 15.0. The van der Waals surface area contributed by atoms with E-state index in [4.69, 9.17) is 0 Å². The van der Waals surface area contributed by atoms with Gasteiger partial charge in [0.05, 0.1) is 11.6 Å². The fraction of sp³-hybridized carbons (Fsp3) is 0.278. The van der Waals surface area contributed by atoms with Crippen LogP contribution >= 0.6 is 0 Å². The number of benzene rings is 1. The Balaban J connectivity index is 1.74. The Labute approximate surface area is 124 Å². The number of fused-ring (bicyclic) bond motifs is 2. The molecule has 0 saturated heterocycles. The number of nitrogens with one attached hydrogen (secondary N) is 2. The molecule has 3 aromatic rings.